The molecule has 6 heteroatoms. The van der Waals surface area contributed by atoms with Crippen molar-refractivity contribution in [1.82, 2.24) is 4.98 Å². The maximum absolute atomic E-state index is 11.5. The van der Waals surface area contributed by atoms with Crippen LogP contribution >= 0.6 is 0 Å². The zero-order valence-corrected chi connectivity index (χ0v) is 12.8. The summed E-state index contributed by atoms with van der Waals surface area (Å²) in [5.74, 6) is 1.47. The van der Waals surface area contributed by atoms with Gasteiger partial charge < -0.3 is 15.6 Å². The third-order valence-corrected chi connectivity index (χ3v) is 2.93. The molecular formula is C16H19N3O3. The Labute approximate surface area is 129 Å². The summed E-state index contributed by atoms with van der Waals surface area (Å²) in [5, 5.41) is 9.43. The van der Waals surface area contributed by atoms with E-state index in [1.807, 2.05) is 20.8 Å². The molecule has 0 saturated heterocycles. The van der Waals surface area contributed by atoms with Gasteiger partial charge in [0.05, 0.1) is 11.9 Å². The van der Waals surface area contributed by atoms with Crippen molar-refractivity contribution in [2.24, 2.45) is 0 Å². The van der Waals surface area contributed by atoms with Crippen molar-refractivity contribution >= 4 is 17.6 Å². The Morgan fingerprint density at radius 1 is 1.23 bits per heavy atom. The number of nitrogens with two attached hydrogens (primary N) is 1. The Hall–Kier alpha value is -2.76. The van der Waals surface area contributed by atoms with E-state index in [0.29, 0.717) is 23.0 Å². The molecule has 1 aromatic carbocycles. The average molecular weight is 301 g/mol. The first-order valence-corrected chi connectivity index (χ1v) is 6.80. The van der Waals surface area contributed by atoms with Crippen LogP contribution in [-0.4, -0.2) is 21.7 Å². The van der Waals surface area contributed by atoms with E-state index in [2.05, 4.69) is 4.98 Å². The molecule has 22 heavy (non-hydrogen) atoms. The van der Waals surface area contributed by atoms with Gasteiger partial charge in [-0.25, -0.2) is 9.78 Å². The Balaban J connectivity index is 2.29. The third kappa shape index (κ3) is 3.66. The minimum atomic E-state index is -1.01. The van der Waals surface area contributed by atoms with E-state index in [0.717, 1.165) is 0 Å². The second-order valence-corrected chi connectivity index (χ2v) is 5.81. The SMILES string of the molecule is CC(C)(C)N(C(=O)O)c1cccc(Oc2ccc(N)nc2)c1. The van der Waals surface area contributed by atoms with E-state index in [1.54, 1.807) is 36.4 Å². The molecule has 1 heterocycles. The molecule has 0 fully saturated rings. The van der Waals surface area contributed by atoms with Gasteiger partial charge in [0, 0.05) is 11.6 Å². The highest BCUT2D eigenvalue weighted by atomic mass is 16.5. The number of nitrogen functional groups attached to an aromatic ring is 1. The van der Waals surface area contributed by atoms with Gasteiger partial charge >= 0.3 is 6.09 Å². The lowest BCUT2D eigenvalue weighted by molar-refractivity contribution is 0.195. The van der Waals surface area contributed by atoms with Crippen molar-refractivity contribution in [3.8, 4) is 11.5 Å². The van der Waals surface area contributed by atoms with Crippen LogP contribution in [-0.2, 0) is 0 Å². The van der Waals surface area contributed by atoms with Gasteiger partial charge in [0.1, 0.15) is 17.3 Å². The minimum absolute atomic E-state index is 0.408. The lowest BCUT2D eigenvalue weighted by Crippen LogP contribution is -2.45. The molecule has 0 unspecified atom stereocenters. The van der Waals surface area contributed by atoms with Crippen molar-refractivity contribution in [2.75, 3.05) is 10.6 Å². The van der Waals surface area contributed by atoms with Gasteiger partial charge in [-0.15, -0.1) is 0 Å². The highest BCUT2D eigenvalue weighted by Crippen LogP contribution is 2.29. The Kier molecular flexibility index (Phi) is 4.21. The largest absolute Gasteiger partial charge is 0.465 e. The molecule has 0 bridgehead atoms. The van der Waals surface area contributed by atoms with Gasteiger partial charge in [0.2, 0.25) is 0 Å². The fourth-order valence-corrected chi connectivity index (χ4v) is 2.06. The molecule has 3 N–H and O–H groups in total. The van der Waals surface area contributed by atoms with Crippen molar-refractivity contribution in [2.45, 2.75) is 26.3 Å². The number of carboxylic acid groups (broad SMARTS) is 1. The third-order valence-electron chi connectivity index (χ3n) is 2.93. The molecule has 0 aliphatic carbocycles. The maximum Gasteiger partial charge on any atom is 0.412 e. The van der Waals surface area contributed by atoms with Crippen LogP contribution in [0.2, 0.25) is 0 Å². The average Bonchev–Trinajstić information content (AvgIpc) is 2.40. The molecular weight excluding hydrogens is 282 g/mol. The Bertz CT molecular complexity index is 663. The second-order valence-electron chi connectivity index (χ2n) is 5.81. The number of pyridine rings is 1. The van der Waals surface area contributed by atoms with Crippen LogP contribution in [0.5, 0.6) is 11.5 Å². The number of nitrogens with zero attached hydrogens (tertiary/aromatic N) is 2. The zero-order chi connectivity index (χ0) is 16.3. The van der Waals surface area contributed by atoms with Crippen LogP contribution in [0.3, 0.4) is 0 Å². The van der Waals surface area contributed by atoms with Gasteiger partial charge in [0.25, 0.3) is 0 Å². The highest BCUT2D eigenvalue weighted by molar-refractivity contribution is 5.87. The summed E-state index contributed by atoms with van der Waals surface area (Å²) in [4.78, 5) is 16.8. The maximum atomic E-state index is 11.5. The van der Waals surface area contributed by atoms with Gasteiger partial charge in [-0.1, -0.05) is 6.07 Å². The van der Waals surface area contributed by atoms with Gasteiger partial charge in [-0.3, -0.25) is 4.90 Å². The van der Waals surface area contributed by atoms with E-state index >= 15 is 0 Å². The van der Waals surface area contributed by atoms with Gasteiger partial charge in [0.15, 0.2) is 0 Å². The predicted molar refractivity (Wildman–Crippen MR) is 85.4 cm³/mol. The number of hydrogen-bond acceptors (Lipinski definition) is 4. The van der Waals surface area contributed by atoms with Crippen molar-refractivity contribution in [3.05, 3.63) is 42.6 Å². The number of amides is 1. The minimum Gasteiger partial charge on any atom is -0.465 e. The summed E-state index contributed by atoms with van der Waals surface area (Å²) in [6.07, 6.45) is 0.500. The molecule has 6 nitrogen and oxygen atoms in total. The van der Waals surface area contributed by atoms with E-state index in [1.165, 1.54) is 11.1 Å². The molecule has 2 aromatic rings. The Morgan fingerprint density at radius 2 is 1.95 bits per heavy atom. The number of ether oxygens (including phenoxy) is 1. The fraction of sp³-hybridized carbons (Fsp3) is 0.250. The van der Waals surface area contributed by atoms with Crippen LogP contribution < -0.4 is 15.4 Å². The Morgan fingerprint density at radius 3 is 2.50 bits per heavy atom. The number of hydrogen-bond donors (Lipinski definition) is 2. The summed E-state index contributed by atoms with van der Waals surface area (Å²) in [5.41, 5.74) is 5.51. The van der Waals surface area contributed by atoms with Gasteiger partial charge in [-0.2, -0.15) is 0 Å². The molecule has 0 aliphatic rings. The zero-order valence-electron chi connectivity index (χ0n) is 12.8. The van der Waals surface area contributed by atoms with E-state index in [-0.39, 0.29) is 0 Å². The molecule has 0 aliphatic heterocycles. The normalized spacial score (nSPS) is 11.0. The monoisotopic (exact) mass is 301 g/mol. The molecule has 0 saturated carbocycles. The predicted octanol–water partition coefficient (Wildman–Crippen LogP) is 3.74. The standard InChI is InChI=1S/C16H19N3O3/c1-16(2,3)19(15(20)21)11-5-4-6-12(9-11)22-13-7-8-14(17)18-10-13/h4-10H,1-3H3,(H2,17,18)(H,20,21). The van der Waals surface area contributed by atoms with Crippen LogP contribution in [0.1, 0.15) is 20.8 Å². The molecule has 1 aromatic heterocycles. The fourth-order valence-electron chi connectivity index (χ4n) is 2.06. The number of anilines is 2. The quantitative estimate of drug-likeness (QED) is 0.901. The summed E-state index contributed by atoms with van der Waals surface area (Å²) in [6.45, 7) is 5.50. The molecule has 0 spiro atoms. The first kappa shape index (κ1) is 15.6. The van der Waals surface area contributed by atoms with Crippen molar-refractivity contribution < 1.29 is 14.6 Å². The van der Waals surface area contributed by atoms with Crippen LogP contribution in [0.15, 0.2) is 42.6 Å². The summed E-state index contributed by atoms with van der Waals surface area (Å²) in [7, 11) is 0. The summed E-state index contributed by atoms with van der Waals surface area (Å²) >= 11 is 0. The molecule has 116 valence electrons. The lowest BCUT2D eigenvalue weighted by atomic mass is 10.1. The first-order valence-electron chi connectivity index (χ1n) is 6.80. The van der Waals surface area contributed by atoms with Crippen molar-refractivity contribution in [3.63, 3.8) is 0 Å². The highest BCUT2D eigenvalue weighted by Gasteiger charge is 2.27. The number of benzene rings is 1. The topological polar surface area (TPSA) is 88.7 Å². The van der Waals surface area contributed by atoms with Crippen LogP contribution in [0.25, 0.3) is 0 Å². The van der Waals surface area contributed by atoms with E-state index in [9.17, 15) is 9.90 Å². The summed E-state index contributed by atoms with van der Waals surface area (Å²) in [6, 6.07) is 10.2. The van der Waals surface area contributed by atoms with E-state index < -0.39 is 11.6 Å². The summed E-state index contributed by atoms with van der Waals surface area (Å²) < 4.78 is 5.68. The molecule has 2 rings (SSSR count). The van der Waals surface area contributed by atoms with Crippen LogP contribution in [0, 0.1) is 0 Å². The number of carbonyl (C=O) groups is 1. The lowest BCUT2D eigenvalue weighted by Gasteiger charge is -2.33. The number of rotatable bonds is 3. The molecule has 0 atom stereocenters. The second kappa shape index (κ2) is 5.93. The first-order chi connectivity index (χ1) is 10.3. The van der Waals surface area contributed by atoms with Crippen molar-refractivity contribution in [1.29, 1.82) is 0 Å². The smallest absolute Gasteiger partial charge is 0.412 e. The number of aromatic nitrogens is 1. The molecule has 1 amide bonds. The van der Waals surface area contributed by atoms with E-state index in [4.69, 9.17) is 10.5 Å². The molecule has 0 radical (unpaired) electrons. The van der Waals surface area contributed by atoms with Crippen LogP contribution in [0.4, 0.5) is 16.3 Å². The van der Waals surface area contributed by atoms with Gasteiger partial charge in [-0.05, 0) is 45.0 Å².